The summed E-state index contributed by atoms with van der Waals surface area (Å²) in [6.45, 7) is 5.27. The van der Waals surface area contributed by atoms with Crippen LogP contribution in [0.15, 0.2) is 35.4 Å². The molecule has 0 aliphatic carbocycles. The van der Waals surface area contributed by atoms with Crippen molar-refractivity contribution >= 4 is 39.5 Å². The van der Waals surface area contributed by atoms with Crippen LogP contribution < -0.4 is 30.6 Å². The maximum atomic E-state index is 12.5. The summed E-state index contributed by atoms with van der Waals surface area (Å²) < 4.78 is 12.4. The van der Waals surface area contributed by atoms with Gasteiger partial charge in [0.15, 0.2) is 11.5 Å². The molecule has 1 aliphatic heterocycles. The van der Waals surface area contributed by atoms with E-state index in [-0.39, 0.29) is 5.56 Å². The zero-order valence-electron chi connectivity index (χ0n) is 19.4. The van der Waals surface area contributed by atoms with Gasteiger partial charge in [-0.15, -0.1) is 0 Å². The van der Waals surface area contributed by atoms with Crippen molar-refractivity contribution in [2.24, 2.45) is 0 Å². The summed E-state index contributed by atoms with van der Waals surface area (Å²) in [4.78, 5) is 35.0. The Hall–Kier alpha value is -4.15. The Morgan fingerprint density at radius 3 is 2.24 bits per heavy atom. The number of aryl methyl sites for hydroxylation is 1. The summed E-state index contributed by atoms with van der Waals surface area (Å²) in [6, 6.07) is 5.45. The van der Waals surface area contributed by atoms with Crippen molar-refractivity contribution in [2.75, 3.05) is 55.9 Å². The number of hydrogen-bond donors (Lipinski definition) is 1. The molecule has 0 amide bonds. The van der Waals surface area contributed by atoms with Crippen LogP contribution in [0.25, 0.3) is 21.8 Å². The maximum absolute atomic E-state index is 12.5. The lowest BCUT2D eigenvalue weighted by Crippen LogP contribution is -2.47. The first-order valence-electron chi connectivity index (χ1n) is 11.1. The van der Waals surface area contributed by atoms with Crippen LogP contribution in [0.5, 0.6) is 11.5 Å². The van der Waals surface area contributed by atoms with E-state index in [4.69, 9.17) is 20.2 Å². The van der Waals surface area contributed by atoms with Gasteiger partial charge in [0.25, 0.3) is 5.56 Å². The number of methoxy groups -OCH3 is 2. The van der Waals surface area contributed by atoms with Crippen LogP contribution in [0.1, 0.15) is 6.92 Å². The lowest BCUT2D eigenvalue weighted by Gasteiger charge is -2.34. The number of benzene rings is 1. The molecular formula is C23H26N8O3. The molecule has 176 valence electrons. The highest BCUT2D eigenvalue weighted by Gasteiger charge is 2.23. The molecule has 1 saturated heterocycles. The molecule has 11 heteroatoms. The van der Waals surface area contributed by atoms with E-state index in [1.54, 1.807) is 43.3 Å². The smallest absolute Gasteiger partial charge is 0.261 e. The molecule has 4 aromatic rings. The van der Waals surface area contributed by atoms with Gasteiger partial charge in [-0.2, -0.15) is 4.98 Å². The van der Waals surface area contributed by atoms with E-state index in [0.717, 1.165) is 0 Å². The molecule has 0 radical (unpaired) electrons. The molecule has 5 rings (SSSR count). The Bertz CT molecular complexity index is 1430. The number of fused-ring (bicyclic) bond motifs is 2. The largest absolute Gasteiger partial charge is 0.493 e. The first-order chi connectivity index (χ1) is 16.5. The third-order valence-electron chi connectivity index (χ3n) is 6.11. The Morgan fingerprint density at radius 2 is 1.56 bits per heavy atom. The quantitative estimate of drug-likeness (QED) is 0.468. The van der Waals surface area contributed by atoms with Gasteiger partial charge < -0.3 is 29.6 Å². The second-order valence-corrected chi connectivity index (χ2v) is 7.98. The molecule has 3 aromatic heterocycles. The monoisotopic (exact) mass is 462 g/mol. The Morgan fingerprint density at radius 1 is 0.912 bits per heavy atom. The van der Waals surface area contributed by atoms with Crippen molar-refractivity contribution in [3.05, 3.63) is 40.9 Å². The number of nitrogens with zero attached hydrogens (tertiary/aromatic N) is 7. The van der Waals surface area contributed by atoms with Gasteiger partial charge in [-0.3, -0.25) is 4.79 Å². The van der Waals surface area contributed by atoms with E-state index >= 15 is 0 Å². The number of hydrogen-bond acceptors (Lipinski definition) is 10. The van der Waals surface area contributed by atoms with Crippen LogP contribution in [-0.4, -0.2) is 64.9 Å². The normalized spacial score (nSPS) is 14.1. The minimum Gasteiger partial charge on any atom is -0.493 e. The predicted molar refractivity (Wildman–Crippen MR) is 131 cm³/mol. The van der Waals surface area contributed by atoms with Crippen LogP contribution in [0.3, 0.4) is 0 Å². The van der Waals surface area contributed by atoms with Crippen molar-refractivity contribution in [3.8, 4) is 11.5 Å². The van der Waals surface area contributed by atoms with Gasteiger partial charge in [0.2, 0.25) is 11.9 Å². The van der Waals surface area contributed by atoms with Gasteiger partial charge in [0, 0.05) is 56.6 Å². The van der Waals surface area contributed by atoms with Crippen molar-refractivity contribution in [1.29, 1.82) is 0 Å². The number of nitrogens with two attached hydrogens (primary N) is 1. The van der Waals surface area contributed by atoms with Gasteiger partial charge in [-0.05, 0) is 19.1 Å². The average Bonchev–Trinajstić information content (AvgIpc) is 2.88. The van der Waals surface area contributed by atoms with Crippen molar-refractivity contribution in [1.82, 2.24) is 24.5 Å². The minimum atomic E-state index is -0.0725. The van der Waals surface area contributed by atoms with Gasteiger partial charge in [0.1, 0.15) is 5.82 Å². The zero-order valence-corrected chi connectivity index (χ0v) is 19.4. The molecule has 11 nitrogen and oxygen atoms in total. The highest BCUT2D eigenvalue weighted by molar-refractivity contribution is 5.91. The van der Waals surface area contributed by atoms with Crippen molar-refractivity contribution in [3.63, 3.8) is 0 Å². The van der Waals surface area contributed by atoms with Gasteiger partial charge in [-0.25, -0.2) is 15.0 Å². The fourth-order valence-corrected chi connectivity index (χ4v) is 4.18. The third kappa shape index (κ3) is 3.68. The lowest BCUT2D eigenvalue weighted by molar-refractivity contribution is 0.356. The molecule has 34 heavy (non-hydrogen) atoms. The Kier molecular flexibility index (Phi) is 5.52. The summed E-state index contributed by atoms with van der Waals surface area (Å²) in [5.41, 5.74) is 7.52. The van der Waals surface area contributed by atoms with E-state index in [2.05, 4.69) is 24.8 Å². The second-order valence-electron chi connectivity index (χ2n) is 7.98. The van der Waals surface area contributed by atoms with E-state index in [1.807, 2.05) is 13.0 Å². The number of rotatable bonds is 5. The standard InChI is InChI=1S/C23H26N8O3/c1-4-29-6-5-16-15(21(29)32)13-25-22(26-16)30-7-9-31(10-8-30)23-27-17-12-19(34-3)18(33-2)11-14(17)20(24)28-23/h5-6,11-13H,4,7-10H2,1-3H3,(H2,24,27,28). The minimum absolute atomic E-state index is 0.0725. The summed E-state index contributed by atoms with van der Waals surface area (Å²) in [5.74, 6) is 2.73. The topological polar surface area (TPSA) is 125 Å². The number of ether oxygens (including phenoxy) is 2. The lowest BCUT2D eigenvalue weighted by atomic mass is 10.2. The number of pyridine rings is 1. The van der Waals surface area contributed by atoms with Gasteiger partial charge in [-0.1, -0.05) is 0 Å². The van der Waals surface area contributed by atoms with Crippen LogP contribution in [-0.2, 0) is 6.54 Å². The fourth-order valence-electron chi connectivity index (χ4n) is 4.18. The van der Waals surface area contributed by atoms with Gasteiger partial charge >= 0.3 is 0 Å². The number of anilines is 3. The average molecular weight is 463 g/mol. The number of aromatic nitrogens is 5. The molecule has 1 aromatic carbocycles. The number of piperazine rings is 1. The Labute approximate surface area is 195 Å². The Balaban J connectivity index is 1.37. The van der Waals surface area contributed by atoms with Crippen LogP contribution in [0.4, 0.5) is 17.7 Å². The van der Waals surface area contributed by atoms with E-state index in [0.29, 0.717) is 83.7 Å². The maximum Gasteiger partial charge on any atom is 0.261 e. The second kappa shape index (κ2) is 8.65. The molecule has 1 aliphatic rings. The highest BCUT2D eigenvalue weighted by Crippen LogP contribution is 2.34. The van der Waals surface area contributed by atoms with Crippen molar-refractivity contribution < 1.29 is 9.47 Å². The fraction of sp³-hybridized carbons (Fsp3) is 0.348. The first-order valence-corrected chi connectivity index (χ1v) is 11.1. The van der Waals surface area contributed by atoms with Crippen LogP contribution in [0.2, 0.25) is 0 Å². The summed E-state index contributed by atoms with van der Waals surface area (Å²) in [5, 5.41) is 1.24. The highest BCUT2D eigenvalue weighted by atomic mass is 16.5. The van der Waals surface area contributed by atoms with E-state index in [1.165, 1.54) is 0 Å². The number of nitrogen functional groups attached to an aromatic ring is 1. The zero-order chi connectivity index (χ0) is 23.8. The molecule has 2 N–H and O–H groups in total. The molecular weight excluding hydrogens is 436 g/mol. The third-order valence-corrected chi connectivity index (χ3v) is 6.11. The van der Waals surface area contributed by atoms with Crippen molar-refractivity contribution in [2.45, 2.75) is 13.5 Å². The van der Waals surface area contributed by atoms with E-state index in [9.17, 15) is 4.79 Å². The SMILES string of the molecule is CCn1ccc2nc(N3CCN(c4nc(N)c5cc(OC)c(OC)cc5n4)CC3)ncc2c1=O. The summed E-state index contributed by atoms with van der Waals surface area (Å²) in [7, 11) is 3.16. The summed E-state index contributed by atoms with van der Waals surface area (Å²) >= 11 is 0. The van der Waals surface area contributed by atoms with Crippen LogP contribution >= 0.6 is 0 Å². The molecule has 0 unspecified atom stereocenters. The van der Waals surface area contributed by atoms with E-state index < -0.39 is 0 Å². The molecule has 0 spiro atoms. The molecule has 0 atom stereocenters. The summed E-state index contributed by atoms with van der Waals surface area (Å²) in [6.07, 6.45) is 3.39. The van der Waals surface area contributed by atoms with Gasteiger partial charge in [0.05, 0.1) is 30.6 Å². The molecule has 1 fully saturated rings. The van der Waals surface area contributed by atoms with Crippen LogP contribution in [0, 0.1) is 0 Å². The molecule has 0 bridgehead atoms. The predicted octanol–water partition coefficient (Wildman–Crippen LogP) is 1.68. The first kappa shape index (κ1) is 21.7. The molecule has 4 heterocycles. The molecule has 0 saturated carbocycles.